The van der Waals surface area contributed by atoms with Crippen LogP contribution in [0.2, 0.25) is 0 Å². The van der Waals surface area contributed by atoms with E-state index in [1.807, 2.05) is 7.05 Å². The summed E-state index contributed by atoms with van der Waals surface area (Å²) in [6.45, 7) is 7.04. The molecule has 1 aliphatic rings. The number of hydrogen-bond donors (Lipinski definition) is 1. The van der Waals surface area contributed by atoms with Gasteiger partial charge >= 0.3 is 0 Å². The van der Waals surface area contributed by atoms with E-state index in [-0.39, 0.29) is 0 Å². The number of nitrogens with one attached hydrogen (secondary N) is 1. The van der Waals surface area contributed by atoms with Crippen molar-refractivity contribution in [2.24, 2.45) is 11.8 Å². The van der Waals surface area contributed by atoms with Crippen LogP contribution >= 0.6 is 0 Å². The van der Waals surface area contributed by atoms with Crippen molar-refractivity contribution in [3.8, 4) is 0 Å². The van der Waals surface area contributed by atoms with Crippen molar-refractivity contribution in [1.29, 1.82) is 0 Å². The molecule has 1 aliphatic carbocycles. The summed E-state index contributed by atoms with van der Waals surface area (Å²) in [5, 5.41) is 3.26. The van der Waals surface area contributed by atoms with Crippen LogP contribution in [-0.4, -0.2) is 38.1 Å². The van der Waals surface area contributed by atoms with Gasteiger partial charge < -0.3 is 10.2 Å². The molecule has 1 rings (SSSR count). The Bertz CT molecular complexity index is 147. The van der Waals surface area contributed by atoms with Crippen LogP contribution in [0.5, 0.6) is 0 Å². The molecule has 1 N–H and O–H groups in total. The molecule has 3 unspecified atom stereocenters. The average molecular weight is 184 g/mol. The molecule has 0 bridgehead atoms. The molecule has 1 fully saturated rings. The lowest BCUT2D eigenvalue weighted by Gasteiger charge is -2.27. The van der Waals surface area contributed by atoms with Crippen molar-refractivity contribution in [2.75, 3.05) is 27.2 Å². The molecule has 0 heterocycles. The summed E-state index contributed by atoms with van der Waals surface area (Å²) in [6.07, 6.45) is 2.69. The minimum atomic E-state index is 0.720. The largest absolute Gasteiger partial charge is 0.318 e. The van der Waals surface area contributed by atoms with E-state index in [1.165, 1.54) is 19.4 Å². The normalized spacial score (nSPS) is 29.3. The molecule has 0 aliphatic heterocycles. The molecule has 0 saturated heterocycles. The molecular formula is C11H24N2. The highest BCUT2D eigenvalue weighted by Crippen LogP contribution is 2.38. The van der Waals surface area contributed by atoms with Gasteiger partial charge in [-0.3, -0.25) is 0 Å². The molecule has 0 spiro atoms. The molecule has 0 radical (unpaired) electrons. The predicted molar refractivity (Wildman–Crippen MR) is 57.9 cm³/mol. The van der Waals surface area contributed by atoms with E-state index in [0.29, 0.717) is 0 Å². The van der Waals surface area contributed by atoms with Gasteiger partial charge in [0.25, 0.3) is 0 Å². The first-order valence-corrected chi connectivity index (χ1v) is 5.53. The van der Waals surface area contributed by atoms with Crippen LogP contribution in [0, 0.1) is 11.8 Å². The van der Waals surface area contributed by atoms with Crippen molar-refractivity contribution < 1.29 is 0 Å². The topological polar surface area (TPSA) is 15.3 Å². The maximum absolute atomic E-state index is 3.26. The molecule has 0 amide bonds. The summed E-state index contributed by atoms with van der Waals surface area (Å²) in [4.78, 5) is 2.52. The van der Waals surface area contributed by atoms with Crippen molar-refractivity contribution in [1.82, 2.24) is 10.2 Å². The second-order valence-electron chi connectivity index (χ2n) is 4.53. The third-order valence-corrected chi connectivity index (χ3v) is 3.33. The van der Waals surface area contributed by atoms with Crippen LogP contribution < -0.4 is 5.32 Å². The number of nitrogens with zero attached hydrogens (tertiary/aromatic N) is 1. The van der Waals surface area contributed by atoms with Gasteiger partial charge in [0, 0.05) is 19.1 Å². The van der Waals surface area contributed by atoms with Crippen molar-refractivity contribution in [3.05, 3.63) is 0 Å². The molecule has 2 nitrogen and oxygen atoms in total. The third-order valence-electron chi connectivity index (χ3n) is 3.33. The highest BCUT2D eigenvalue weighted by Gasteiger charge is 2.33. The van der Waals surface area contributed by atoms with Gasteiger partial charge in [0.15, 0.2) is 0 Å². The van der Waals surface area contributed by atoms with E-state index in [0.717, 1.165) is 24.4 Å². The summed E-state index contributed by atoms with van der Waals surface area (Å²) in [7, 11) is 4.30. The molecule has 13 heavy (non-hydrogen) atoms. The fourth-order valence-electron chi connectivity index (χ4n) is 2.02. The Morgan fingerprint density at radius 1 is 1.54 bits per heavy atom. The zero-order valence-corrected chi connectivity index (χ0v) is 9.51. The van der Waals surface area contributed by atoms with Crippen molar-refractivity contribution in [2.45, 2.75) is 32.7 Å². The van der Waals surface area contributed by atoms with E-state index < -0.39 is 0 Å². The Labute approximate surface area is 82.7 Å². The molecule has 1 saturated carbocycles. The summed E-state index contributed by atoms with van der Waals surface area (Å²) in [5.41, 5.74) is 0. The molecule has 2 heteroatoms. The number of likely N-dealkylation sites (N-methyl/N-ethyl adjacent to an activating group) is 2. The highest BCUT2D eigenvalue weighted by atomic mass is 15.1. The Hall–Kier alpha value is -0.0800. The van der Waals surface area contributed by atoms with E-state index in [4.69, 9.17) is 0 Å². The minimum Gasteiger partial charge on any atom is -0.318 e. The Morgan fingerprint density at radius 2 is 2.15 bits per heavy atom. The SMILES string of the molecule is CCC(CNC)N(C)CC1CC1C. The molecule has 78 valence electrons. The van der Waals surface area contributed by atoms with Crippen molar-refractivity contribution in [3.63, 3.8) is 0 Å². The van der Waals surface area contributed by atoms with Crippen LogP contribution in [0.15, 0.2) is 0 Å². The molecule has 3 atom stereocenters. The smallest absolute Gasteiger partial charge is 0.0214 e. The fraction of sp³-hybridized carbons (Fsp3) is 1.00. The summed E-state index contributed by atoms with van der Waals surface area (Å²) >= 11 is 0. The maximum Gasteiger partial charge on any atom is 0.0214 e. The van der Waals surface area contributed by atoms with E-state index in [2.05, 4.69) is 31.1 Å². The Morgan fingerprint density at radius 3 is 2.54 bits per heavy atom. The van der Waals surface area contributed by atoms with Gasteiger partial charge in [-0.1, -0.05) is 13.8 Å². The Kier molecular flexibility index (Phi) is 4.20. The van der Waals surface area contributed by atoms with E-state index in [1.54, 1.807) is 0 Å². The van der Waals surface area contributed by atoms with Crippen LogP contribution in [0.25, 0.3) is 0 Å². The zero-order chi connectivity index (χ0) is 9.84. The maximum atomic E-state index is 3.26. The number of hydrogen-bond acceptors (Lipinski definition) is 2. The highest BCUT2D eigenvalue weighted by molar-refractivity contribution is 4.86. The molecular weight excluding hydrogens is 160 g/mol. The van der Waals surface area contributed by atoms with E-state index in [9.17, 15) is 0 Å². The second-order valence-corrected chi connectivity index (χ2v) is 4.53. The van der Waals surface area contributed by atoms with Gasteiger partial charge in [-0.05, 0) is 38.8 Å². The quantitative estimate of drug-likeness (QED) is 0.674. The minimum absolute atomic E-state index is 0.720. The average Bonchev–Trinajstić information content (AvgIpc) is 2.77. The summed E-state index contributed by atoms with van der Waals surface area (Å²) in [6, 6.07) is 0.720. The van der Waals surface area contributed by atoms with Crippen LogP contribution in [0.1, 0.15) is 26.7 Å². The van der Waals surface area contributed by atoms with Gasteiger partial charge in [0.05, 0.1) is 0 Å². The lowest BCUT2D eigenvalue weighted by molar-refractivity contribution is 0.221. The lowest BCUT2D eigenvalue weighted by atomic mass is 10.2. The Balaban J connectivity index is 2.22. The van der Waals surface area contributed by atoms with Crippen LogP contribution in [-0.2, 0) is 0 Å². The third kappa shape index (κ3) is 3.28. The fourth-order valence-corrected chi connectivity index (χ4v) is 2.02. The first kappa shape index (κ1) is 11.0. The summed E-state index contributed by atoms with van der Waals surface area (Å²) in [5.74, 6) is 1.96. The standard InChI is InChI=1S/C11H24N2/c1-5-11(7-12-3)13(4)8-10-6-9(10)2/h9-12H,5-8H2,1-4H3. The zero-order valence-electron chi connectivity index (χ0n) is 9.51. The second kappa shape index (κ2) is 4.97. The first-order valence-electron chi connectivity index (χ1n) is 5.53. The van der Waals surface area contributed by atoms with Gasteiger partial charge in [0.2, 0.25) is 0 Å². The van der Waals surface area contributed by atoms with Gasteiger partial charge in [0.1, 0.15) is 0 Å². The van der Waals surface area contributed by atoms with Gasteiger partial charge in [-0.15, -0.1) is 0 Å². The van der Waals surface area contributed by atoms with Crippen LogP contribution in [0.4, 0.5) is 0 Å². The molecule has 0 aromatic carbocycles. The van der Waals surface area contributed by atoms with Gasteiger partial charge in [-0.25, -0.2) is 0 Å². The molecule has 0 aromatic heterocycles. The van der Waals surface area contributed by atoms with Crippen molar-refractivity contribution >= 4 is 0 Å². The first-order chi connectivity index (χ1) is 6.19. The van der Waals surface area contributed by atoms with Crippen LogP contribution in [0.3, 0.4) is 0 Å². The lowest BCUT2D eigenvalue weighted by Crippen LogP contribution is -2.39. The monoisotopic (exact) mass is 184 g/mol. The molecule has 0 aromatic rings. The van der Waals surface area contributed by atoms with E-state index >= 15 is 0 Å². The predicted octanol–water partition coefficient (Wildman–Crippen LogP) is 1.57. The number of rotatable bonds is 6. The summed E-state index contributed by atoms with van der Waals surface area (Å²) < 4.78 is 0. The van der Waals surface area contributed by atoms with Gasteiger partial charge in [-0.2, -0.15) is 0 Å².